The van der Waals surface area contributed by atoms with E-state index >= 15 is 0 Å². The van der Waals surface area contributed by atoms with Gasteiger partial charge in [0.1, 0.15) is 17.5 Å². The minimum atomic E-state index is -4.50. The molecule has 0 spiro atoms. The van der Waals surface area contributed by atoms with E-state index in [1.54, 1.807) is 26.0 Å². The number of benzene rings is 2. The minimum absolute atomic E-state index is 0.0162. The molecule has 3 rings (SSSR count). The number of nitriles is 1. The number of nitrogens with zero attached hydrogens (tertiary/aromatic N) is 1. The Morgan fingerprint density at radius 1 is 1.21 bits per heavy atom. The van der Waals surface area contributed by atoms with Crippen molar-refractivity contribution in [2.75, 3.05) is 0 Å². The number of amides is 1. The molecule has 0 saturated heterocycles. The summed E-state index contributed by atoms with van der Waals surface area (Å²) in [6, 6.07) is 9.51. The van der Waals surface area contributed by atoms with Crippen LogP contribution in [0, 0.1) is 11.3 Å². The van der Waals surface area contributed by atoms with E-state index in [9.17, 15) is 23.1 Å². The molecule has 8 heteroatoms. The Bertz CT molecular complexity index is 947. The molecule has 2 aromatic rings. The number of carbonyl (C=O) groups is 1. The standard InChI is InChI=1S/C20H17F3N2O3/c1-19(2)17(26)16(14-9-11(10-24)3-8-15(14)28-19)25-18(27)12-4-6-13(7-5-12)20(21,22)23/h3-9,16-17,26H,1-2H3,(H,25,27)/t16-,17+/m0/s1. The van der Waals surface area contributed by atoms with Gasteiger partial charge in [0.05, 0.1) is 23.2 Å². The van der Waals surface area contributed by atoms with Crippen LogP contribution in [0.1, 0.15) is 46.9 Å². The molecular weight excluding hydrogens is 373 g/mol. The van der Waals surface area contributed by atoms with Crippen LogP contribution in [0.5, 0.6) is 5.75 Å². The highest BCUT2D eigenvalue weighted by Crippen LogP contribution is 2.40. The maximum absolute atomic E-state index is 12.7. The van der Waals surface area contributed by atoms with Crippen molar-refractivity contribution in [1.29, 1.82) is 5.26 Å². The van der Waals surface area contributed by atoms with Gasteiger partial charge in [-0.2, -0.15) is 18.4 Å². The van der Waals surface area contributed by atoms with Gasteiger partial charge in [0, 0.05) is 11.1 Å². The molecule has 28 heavy (non-hydrogen) atoms. The van der Waals surface area contributed by atoms with Crippen molar-refractivity contribution < 1.29 is 27.8 Å². The van der Waals surface area contributed by atoms with Gasteiger partial charge in [-0.25, -0.2) is 0 Å². The number of nitrogens with one attached hydrogen (secondary N) is 1. The molecule has 0 fully saturated rings. The number of halogens is 3. The zero-order chi connectivity index (χ0) is 20.7. The second-order valence-corrected chi connectivity index (χ2v) is 7.04. The molecule has 2 atom stereocenters. The van der Waals surface area contributed by atoms with E-state index in [-0.39, 0.29) is 5.56 Å². The van der Waals surface area contributed by atoms with Crippen molar-refractivity contribution in [2.24, 2.45) is 0 Å². The molecule has 0 bridgehead atoms. The smallest absolute Gasteiger partial charge is 0.416 e. The molecule has 1 amide bonds. The third kappa shape index (κ3) is 3.66. The Kier molecular flexibility index (Phi) is 4.81. The molecule has 0 saturated carbocycles. The van der Waals surface area contributed by atoms with E-state index in [2.05, 4.69) is 5.32 Å². The van der Waals surface area contributed by atoms with Gasteiger partial charge in [0.15, 0.2) is 0 Å². The van der Waals surface area contributed by atoms with Gasteiger partial charge in [-0.05, 0) is 56.3 Å². The zero-order valence-electron chi connectivity index (χ0n) is 15.0. The van der Waals surface area contributed by atoms with Crippen LogP contribution in [0.25, 0.3) is 0 Å². The molecule has 146 valence electrons. The number of fused-ring (bicyclic) bond motifs is 1. The van der Waals surface area contributed by atoms with Crippen LogP contribution in [-0.2, 0) is 6.18 Å². The number of rotatable bonds is 2. The highest BCUT2D eigenvalue weighted by Gasteiger charge is 2.43. The molecule has 2 aromatic carbocycles. The fraction of sp³-hybridized carbons (Fsp3) is 0.300. The van der Waals surface area contributed by atoms with Gasteiger partial charge in [-0.3, -0.25) is 4.79 Å². The number of hydrogen-bond acceptors (Lipinski definition) is 4. The van der Waals surface area contributed by atoms with Crippen molar-refractivity contribution in [3.8, 4) is 11.8 Å². The van der Waals surface area contributed by atoms with Crippen LogP contribution >= 0.6 is 0 Å². The summed E-state index contributed by atoms with van der Waals surface area (Å²) in [5.74, 6) is -0.240. The summed E-state index contributed by atoms with van der Waals surface area (Å²) >= 11 is 0. The second-order valence-electron chi connectivity index (χ2n) is 7.04. The first kappa shape index (κ1) is 19.7. The van der Waals surface area contributed by atoms with Gasteiger partial charge in [-0.1, -0.05) is 0 Å². The molecule has 1 aliphatic rings. The van der Waals surface area contributed by atoms with Crippen LogP contribution in [-0.4, -0.2) is 22.7 Å². The summed E-state index contributed by atoms with van der Waals surface area (Å²) in [6.45, 7) is 3.30. The first-order valence-electron chi connectivity index (χ1n) is 8.42. The topological polar surface area (TPSA) is 82.3 Å². The Hall–Kier alpha value is -3.05. The lowest BCUT2D eigenvalue weighted by Crippen LogP contribution is -2.53. The summed E-state index contributed by atoms with van der Waals surface area (Å²) < 4.78 is 43.8. The largest absolute Gasteiger partial charge is 0.485 e. The van der Waals surface area contributed by atoms with Gasteiger partial charge >= 0.3 is 6.18 Å². The van der Waals surface area contributed by atoms with Crippen molar-refractivity contribution in [3.05, 3.63) is 64.7 Å². The van der Waals surface area contributed by atoms with Gasteiger partial charge in [0.2, 0.25) is 0 Å². The fourth-order valence-electron chi connectivity index (χ4n) is 3.06. The quantitative estimate of drug-likeness (QED) is 0.821. The van der Waals surface area contributed by atoms with E-state index in [1.165, 1.54) is 6.07 Å². The van der Waals surface area contributed by atoms with Gasteiger partial charge in [-0.15, -0.1) is 0 Å². The molecule has 5 nitrogen and oxygen atoms in total. The molecule has 0 aromatic heterocycles. The van der Waals surface area contributed by atoms with Crippen LogP contribution < -0.4 is 10.1 Å². The van der Waals surface area contributed by atoms with Crippen molar-refractivity contribution in [3.63, 3.8) is 0 Å². The maximum Gasteiger partial charge on any atom is 0.416 e. The van der Waals surface area contributed by atoms with Crippen LogP contribution in [0.4, 0.5) is 13.2 Å². The van der Waals surface area contributed by atoms with Crippen molar-refractivity contribution in [1.82, 2.24) is 5.32 Å². The van der Waals surface area contributed by atoms with Gasteiger partial charge in [0.25, 0.3) is 5.91 Å². The lowest BCUT2D eigenvalue weighted by Gasteiger charge is -2.42. The third-order valence-corrected chi connectivity index (χ3v) is 4.64. The number of carbonyl (C=O) groups excluding carboxylic acids is 1. The molecule has 2 N–H and O–H groups in total. The summed E-state index contributed by atoms with van der Waals surface area (Å²) in [7, 11) is 0. The maximum atomic E-state index is 12.7. The van der Waals surface area contributed by atoms with E-state index in [4.69, 9.17) is 10.00 Å². The highest BCUT2D eigenvalue weighted by molar-refractivity contribution is 5.94. The fourth-order valence-corrected chi connectivity index (χ4v) is 3.06. The third-order valence-electron chi connectivity index (χ3n) is 4.64. The first-order chi connectivity index (χ1) is 13.0. The predicted octanol–water partition coefficient (Wildman–Crippen LogP) is 3.58. The van der Waals surface area contributed by atoms with E-state index < -0.39 is 35.4 Å². The predicted molar refractivity (Wildman–Crippen MR) is 93.5 cm³/mol. The molecule has 0 unspecified atom stereocenters. The van der Waals surface area contributed by atoms with Crippen LogP contribution in [0.2, 0.25) is 0 Å². The van der Waals surface area contributed by atoms with Crippen molar-refractivity contribution >= 4 is 5.91 Å². The Balaban J connectivity index is 1.92. The summed E-state index contributed by atoms with van der Waals surface area (Å²) in [6.07, 6.45) is -5.64. The lowest BCUT2D eigenvalue weighted by molar-refractivity contribution is -0.137. The molecule has 0 radical (unpaired) electrons. The molecule has 1 heterocycles. The van der Waals surface area contributed by atoms with E-state index in [0.29, 0.717) is 16.9 Å². The number of hydrogen-bond donors (Lipinski definition) is 2. The molecular formula is C20H17F3N2O3. The average molecular weight is 390 g/mol. The number of aliphatic hydroxyl groups is 1. The summed E-state index contributed by atoms with van der Waals surface area (Å²) in [5, 5.41) is 22.4. The SMILES string of the molecule is CC1(C)Oc2ccc(C#N)cc2[C@H](NC(=O)c2ccc(C(F)(F)F)cc2)[C@H]1O. The minimum Gasteiger partial charge on any atom is -0.485 e. The zero-order valence-corrected chi connectivity index (χ0v) is 15.0. The second kappa shape index (κ2) is 6.84. The average Bonchev–Trinajstić information content (AvgIpc) is 2.64. The Labute approximate surface area is 159 Å². The van der Waals surface area contributed by atoms with E-state index in [1.807, 2.05) is 6.07 Å². The van der Waals surface area contributed by atoms with E-state index in [0.717, 1.165) is 24.3 Å². The number of aliphatic hydroxyl groups excluding tert-OH is 1. The van der Waals surface area contributed by atoms with Crippen molar-refractivity contribution in [2.45, 2.75) is 37.8 Å². The lowest BCUT2D eigenvalue weighted by atomic mass is 9.85. The Morgan fingerprint density at radius 3 is 2.43 bits per heavy atom. The number of ether oxygens (including phenoxy) is 1. The van der Waals surface area contributed by atoms with Crippen LogP contribution in [0.15, 0.2) is 42.5 Å². The Morgan fingerprint density at radius 2 is 1.86 bits per heavy atom. The van der Waals surface area contributed by atoms with Crippen LogP contribution in [0.3, 0.4) is 0 Å². The summed E-state index contributed by atoms with van der Waals surface area (Å²) in [4.78, 5) is 12.6. The number of alkyl halides is 3. The monoisotopic (exact) mass is 390 g/mol. The summed E-state index contributed by atoms with van der Waals surface area (Å²) in [5.41, 5.74) is -1.13. The van der Waals surface area contributed by atoms with Gasteiger partial charge < -0.3 is 15.2 Å². The molecule has 1 aliphatic heterocycles. The normalized spacial score (nSPS) is 20.5. The molecule has 0 aliphatic carbocycles. The first-order valence-corrected chi connectivity index (χ1v) is 8.42. The highest BCUT2D eigenvalue weighted by atomic mass is 19.4.